The quantitative estimate of drug-likeness (QED) is 0.524. The minimum Gasteiger partial charge on any atom is -0.285 e. The SMILES string of the molecule is CC(=NNC(=O)CC1N=C(Cc2ccccc2)NNC1=O)c1ccncc1. The number of hydrazine groups is 1. The molecule has 3 N–H and O–H groups in total. The van der Waals surface area contributed by atoms with Crippen molar-refractivity contribution in [2.75, 3.05) is 0 Å². The number of rotatable bonds is 6. The molecule has 1 unspecified atom stereocenters. The summed E-state index contributed by atoms with van der Waals surface area (Å²) in [6, 6.07) is 12.6. The average molecular weight is 364 g/mol. The van der Waals surface area contributed by atoms with Crippen molar-refractivity contribution in [2.45, 2.75) is 25.8 Å². The Balaban J connectivity index is 1.60. The molecule has 27 heavy (non-hydrogen) atoms. The van der Waals surface area contributed by atoms with Crippen molar-refractivity contribution in [1.82, 2.24) is 21.3 Å². The fraction of sp³-hybridized carbons (Fsp3) is 0.211. The molecular formula is C19H20N6O2. The summed E-state index contributed by atoms with van der Waals surface area (Å²) in [5.41, 5.74) is 10.4. The molecule has 0 fully saturated rings. The third-order valence-corrected chi connectivity index (χ3v) is 3.98. The summed E-state index contributed by atoms with van der Waals surface area (Å²) in [5, 5.41) is 4.07. The number of nitrogens with zero attached hydrogens (tertiary/aromatic N) is 3. The molecule has 2 amide bonds. The molecule has 0 spiro atoms. The van der Waals surface area contributed by atoms with E-state index in [1.807, 2.05) is 30.3 Å². The van der Waals surface area contributed by atoms with E-state index in [1.165, 1.54) is 0 Å². The van der Waals surface area contributed by atoms with Gasteiger partial charge in [-0.15, -0.1) is 0 Å². The summed E-state index contributed by atoms with van der Waals surface area (Å²) in [5.74, 6) is -0.125. The van der Waals surface area contributed by atoms with Gasteiger partial charge in [0.25, 0.3) is 5.91 Å². The lowest BCUT2D eigenvalue weighted by molar-refractivity contribution is -0.128. The molecule has 0 bridgehead atoms. The Morgan fingerprint density at radius 3 is 2.63 bits per heavy atom. The van der Waals surface area contributed by atoms with Gasteiger partial charge in [-0.25, -0.2) is 5.43 Å². The normalized spacial score (nSPS) is 16.8. The van der Waals surface area contributed by atoms with Crippen LogP contribution in [0.1, 0.15) is 24.5 Å². The number of hydrazone groups is 1. The molecule has 0 radical (unpaired) electrons. The van der Waals surface area contributed by atoms with E-state index < -0.39 is 6.04 Å². The highest BCUT2D eigenvalue weighted by atomic mass is 16.2. The second-order valence-corrected chi connectivity index (χ2v) is 6.04. The summed E-state index contributed by atoms with van der Waals surface area (Å²) in [7, 11) is 0. The van der Waals surface area contributed by atoms with Gasteiger partial charge in [0.2, 0.25) is 5.91 Å². The first-order valence-electron chi connectivity index (χ1n) is 8.52. The number of carbonyl (C=O) groups is 2. The summed E-state index contributed by atoms with van der Waals surface area (Å²) in [4.78, 5) is 32.4. The van der Waals surface area contributed by atoms with Gasteiger partial charge in [0.1, 0.15) is 11.9 Å². The van der Waals surface area contributed by atoms with Gasteiger partial charge in [-0.2, -0.15) is 5.10 Å². The molecule has 138 valence electrons. The van der Waals surface area contributed by atoms with E-state index in [9.17, 15) is 9.59 Å². The van der Waals surface area contributed by atoms with Crippen molar-refractivity contribution in [3.63, 3.8) is 0 Å². The molecule has 1 aromatic heterocycles. The largest absolute Gasteiger partial charge is 0.285 e. The van der Waals surface area contributed by atoms with Crippen molar-refractivity contribution in [2.24, 2.45) is 10.1 Å². The number of amidine groups is 1. The van der Waals surface area contributed by atoms with Crippen molar-refractivity contribution in [1.29, 1.82) is 0 Å². The number of aromatic nitrogens is 1. The predicted octanol–water partition coefficient (Wildman–Crippen LogP) is 0.956. The second kappa shape index (κ2) is 8.70. The zero-order valence-electron chi connectivity index (χ0n) is 14.8. The van der Waals surface area contributed by atoms with E-state index in [0.29, 0.717) is 18.0 Å². The van der Waals surface area contributed by atoms with Crippen LogP contribution in [0.4, 0.5) is 0 Å². The molecule has 1 aliphatic rings. The van der Waals surface area contributed by atoms with Gasteiger partial charge in [0.15, 0.2) is 0 Å². The van der Waals surface area contributed by atoms with Crippen LogP contribution in [0.15, 0.2) is 65.0 Å². The lowest BCUT2D eigenvalue weighted by Gasteiger charge is -2.21. The number of nitrogens with one attached hydrogen (secondary N) is 3. The summed E-state index contributed by atoms with van der Waals surface area (Å²) in [6.07, 6.45) is 3.76. The molecule has 0 aliphatic carbocycles. The summed E-state index contributed by atoms with van der Waals surface area (Å²) < 4.78 is 0. The molecule has 1 aliphatic heterocycles. The van der Waals surface area contributed by atoms with Crippen LogP contribution in [0.2, 0.25) is 0 Å². The van der Waals surface area contributed by atoms with Crippen LogP contribution in [0.3, 0.4) is 0 Å². The second-order valence-electron chi connectivity index (χ2n) is 6.04. The number of benzene rings is 1. The Morgan fingerprint density at radius 1 is 1.15 bits per heavy atom. The molecular weight excluding hydrogens is 344 g/mol. The molecule has 8 heteroatoms. The molecule has 2 heterocycles. The number of aliphatic imine (C=N–C) groups is 1. The molecule has 2 aromatic rings. The first kappa shape index (κ1) is 18.2. The third-order valence-electron chi connectivity index (χ3n) is 3.98. The highest BCUT2D eigenvalue weighted by molar-refractivity contribution is 6.00. The Hall–Kier alpha value is -3.55. The first-order valence-corrected chi connectivity index (χ1v) is 8.52. The molecule has 8 nitrogen and oxygen atoms in total. The maximum atomic E-state index is 12.2. The fourth-order valence-electron chi connectivity index (χ4n) is 2.54. The van der Waals surface area contributed by atoms with Crippen LogP contribution < -0.4 is 16.3 Å². The van der Waals surface area contributed by atoms with Gasteiger partial charge in [0.05, 0.1) is 12.1 Å². The van der Waals surface area contributed by atoms with Crippen molar-refractivity contribution >= 4 is 23.4 Å². The molecule has 1 atom stereocenters. The smallest absolute Gasteiger partial charge is 0.263 e. The van der Waals surface area contributed by atoms with Crippen LogP contribution >= 0.6 is 0 Å². The standard InChI is InChI=1S/C19H20N6O2/c1-13(15-7-9-20-10-8-15)22-24-18(26)12-16-19(27)25-23-17(21-16)11-14-5-3-2-4-6-14/h2-10,16H,11-12H2,1H3,(H,21,23)(H,24,26)(H,25,27). The van der Waals surface area contributed by atoms with Crippen LogP contribution in [0.5, 0.6) is 0 Å². The van der Waals surface area contributed by atoms with Crippen LogP contribution in [-0.2, 0) is 16.0 Å². The Kier molecular flexibility index (Phi) is 5.88. The maximum absolute atomic E-state index is 12.2. The molecule has 0 saturated carbocycles. The van der Waals surface area contributed by atoms with Gasteiger partial charge in [-0.1, -0.05) is 30.3 Å². The van der Waals surface area contributed by atoms with Crippen molar-refractivity contribution in [3.8, 4) is 0 Å². The van der Waals surface area contributed by atoms with Gasteiger partial charge < -0.3 is 0 Å². The van der Waals surface area contributed by atoms with E-state index in [-0.39, 0.29) is 18.2 Å². The minimum absolute atomic E-state index is 0.0844. The number of hydrogen-bond donors (Lipinski definition) is 3. The number of pyridine rings is 1. The third kappa shape index (κ3) is 5.21. The molecule has 1 aromatic carbocycles. The highest BCUT2D eigenvalue weighted by Crippen LogP contribution is 2.07. The average Bonchev–Trinajstić information content (AvgIpc) is 2.70. The lowest BCUT2D eigenvalue weighted by Crippen LogP contribution is -2.52. The van der Waals surface area contributed by atoms with Gasteiger partial charge in [0, 0.05) is 24.4 Å². The maximum Gasteiger partial charge on any atom is 0.263 e. The predicted molar refractivity (Wildman–Crippen MR) is 102 cm³/mol. The Bertz CT molecular complexity index is 864. The van der Waals surface area contributed by atoms with Crippen LogP contribution in [0.25, 0.3) is 0 Å². The van der Waals surface area contributed by atoms with E-state index in [2.05, 4.69) is 31.4 Å². The fourth-order valence-corrected chi connectivity index (χ4v) is 2.54. The van der Waals surface area contributed by atoms with Gasteiger partial charge >= 0.3 is 0 Å². The minimum atomic E-state index is -0.790. The number of carbonyl (C=O) groups excluding carboxylic acids is 2. The summed E-state index contributed by atoms with van der Waals surface area (Å²) in [6.45, 7) is 1.78. The number of hydrogen-bond acceptors (Lipinski definition) is 6. The first-order chi connectivity index (χ1) is 13.1. The van der Waals surface area contributed by atoms with Crippen LogP contribution in [0, 0.1) is 0 Å². The van der Waals surface area contributed by atoms with Crippen molar-refractivity contribution in [3.05, 3.63) is 66.0 Å². The van der Waals surface area contributed by atoms with Crippen LogP contribution in [-0.4, -0.2) is 34.4 Å². The van der Waals surface area contributed by atoms with E-state index in [4.69, 9.17) is 0 Å². The zero-order valence-corrected chi connectivity index (χ0v) is 14.8. The van der Waals surface area contributed by atoms with Crippen molar-refractivity contribution < 1.29 is 9.59 Å². The molecule has 0 saturated heterocycles. The topological polar surface area (TPSA) is 108 Å². The van der Waals surface area contributed by atoms with E-state index in [1.54, 1.807) is 31.5 Å². The van der Waals surface area contributed by atoms with Gasteiger partial charge in [-0.05, 0) is 24.6 Å². The van der Waals surface area contributed by atoms with E-state index >= 15 is 0 Å². The Morgan fingerprint density at radius 2 is 1.89 bits per heavy atom. The number of amides is 2. The van der Waals surface area contributed by atoms with E-state index in [0.717, 1.165) is 11.1 Å². The summed E-state index contributed by atoms with van der Waals surface area (Å²) >= 11 is 0. The van der Waals surface area contributed by atoms with Gasteiger partial charge in [-0.3, -0.25) is 30.4 Å². The molecule has 3 rings (SSSR count). The lowest BCUT2D eigenvalue weighted by atomic mass is 10.1. The zero-order chi connectivity index (χ0) is 19.1. The Labute approximate surface area is 156 Å². The monoisotopic (exact) mass is 364 g/mol. The highest BCUT2D eigenvalue weighted by Gasteiger charge is 2.25.